The van der Waals surface area contributed by atoms with Gasteiger partial charge in [0.25, 0.3) is 0 Å². The Labute approximate surface area is 106 Å². The third-order valence-electron chi connectivity index (χ3n) is 4.38. The van der Waals surface area contributed by atoms with E-state index in [2.05, 4.69) is 27.7 Å². The Bertz CT molecular complexity index is 254. The predicted molar refractivity (Wildman–Crippen MR) is 72.8 cm³/mol. The molecule has 0 aromatic carbocycles. The number of hydrogen-bond donors (Lipinski definition) is 1. The van der Waals surface area contributed by atoms with Gasteiger partial charge in [0.15, 0.2) is 0 Å². The summed E-state index contributed by atoms with van der Waals surface area (Å²) in [7, 11) is 0. The first-order valence-electron chi connectivity index (χ1n) is 7.14. The van der Waals surface area contributed by atoms with Crippen LogP contribution in [0.2, 0.25) is 0 Å². The van der Waals surface area contributed by atoms with Crippen LogP contribution in [0.5, 0.6) is 0 Å². The molecule has 3 atom stereocenters. The standard InChI is InChI=1S/C15H29NO/c1-5-11-8-6-7-9-12(11)13(17)10-14(16)15(2,3)4/h11-12,14H,5-10,16H2,1-4H3. The second kappa shape index (κ2) is 5.99. The minimum absolute atomic E-state index is 0.00515. The Hall–Kier alpha value is -0.370. The number of nitrogens with two attached hydrogens (primary N) is 1. The normalized spacial score (nSPS) is 27.8. The van der Waals surface area contributed by atoms with Crippen molar-refractivity contribution in [2.45, 2.75) is 72.3 Å². The summed E-state index contributed by atoms with van der Waals surface area (Å²) < 4.78 is 0. The van der Waals surface area contributed by atoms with Crippen LogP contribution in [0.1, 0.15) is 66.2 Å². The quantitative estimate of drug-likeness (QED) is 0.815. The summed E-state index contributed by atoms with van der Waals surface area (Å²) in [6, 6.07) is -0.00515. The van der Waals surface area contributed by atoms with Crippen LogP contribution in [0.3, 0.4) is 0 Å². The summed E-state index contributed by atoms with van der Waals surface area (Å²) in [6.45, 7) is 8.55. The molecule has 3 unspecified atom stereocenters. The third-order valence-corrected chi connectivity index (χ3v) is 4.38. The van der Waals surface area contributed by atoms with Crippen molar-refractivity contribution in [3.63, 3.8) is 0 Å². The fraction of sp³-hybridized carbons (Fsp3) is 0.933. The van der Waals surface area contributed by atoms with Crippen molar-refractivity contribution >= 4 is 5.78 Å². The summed E-state index contributed by atoms with van der Waals surface area (Å²) in [5.74, 6) is 1.32. The SMILES string of the molecule is CCC1CCCCC1C(=O)CC(N)C(C)(C)C. The monoisotopic (exact) mass is 239 g/mol. The molecular weight excluding hydrogens is 210 g/mol. The first-order chi connectivity index (χ1) is 7.86. The highest BCUT2D eigenvalue weighted by Gasteiger charge is 2.32. The molecule has 1 saturated carbocycles. The van der Waals surface area contributed by atoms with E-state index in [0.29, 0.717) is 24.0 Å². The van der Waals surface area contributed by atoms with Crippen molar-refractivity contribution in [2.75, 3.05) is 0 Å². The maximum absolute atomic E-state index is 12.3. The maximum Gasteiger partial charge on any atom is 0.137 e. The van der Waals surface area contributed by atoms with E-state index in [1.807, 2.05) is 0 Å². The van der Waals surface area contributed by atoms with Crippen molar-refractivity contribution in [1.82, 2.24) is 0 Å². The molecule has 0 aliphatic heterocycles. The Morgan fingerprint density at radius 2 is 1.88 bits per heavy atom. The second-order valence-electron chi connectivity index (χ2n) is 6.70. The zero-order valence-corrected chi connectivity index (χ0v) is 12.0. The van der Waals surface area contributed by atoms with E-state index < -0.39 is 0 Å². The van der Waals surface area contributed by atoms with E-state index in [-0.39, 0.29) is 11.5 Å². The van der Waals surface area contributed by atoms with Gasteiger partial charge in [-0.2, -0.15) is 0 Å². The fourth-order valence-electron chi connectivity index (χ4n) is 2.79. The van der Waals surface area contributed by atoms with Crippen LogP contribution in [0.4, 0.5) is 0 Å². The lowest BCUT2D eigenvalue weighted by atomic mass is 9.73. The van der Waals surface area contributed by atoms with Crippen LogP contribution in [0, 0.1) is 17.3 Å². The Kier molecular flexibility index (Phi) is 5.18. The molecule has 1 aliphatic rings. The van der Waals surface area contributed by atoms with Crippen molar-refractivity contribution < 1.29 is 4.79 Å². The minimum atomic E-state index is -0.00515. The molecule has 100 valence electrons. The molecule has 0 saturated heterocycles. The molecular formula is C15H29NO. The molecule has 0 aromatic heterocycles. The summed E-state index contributed by atoms with van der Waals surface area (Å²) >= 11 is 0. The Morgan fingerprint density at radius 3 is 2.41 bits per heavy atom. The van der Waals surface area contributed by atoms with Gasteiger partial charge in [0.05, 0.1) is 0 Å². The van der Waals surface area contributed by atoms with Crippen molar-refractivity contribution in [2.24, 2.45) is 23.0 Å². The fourth-order valence-corrected chi connectivity index (χ4v) is 2.79. The molecule has 0 aromatic rings. The predicted octanol–water partition coefficient (Wildman–Crippen LogP) is 3.54. The first-order valence-corrected chi connectivity index (χ1v) is 7.14. The minimum Gasteiger partial charge on any atom is -0.327 e. The third kappa shape index (κ3) is 4.09. The molecule has 0 heterocycles. The van der Waals surface area contributed by atoms with E-state index in [0.717, 1.165) is 12.8 Å². The topological polar surface area (TPSA) is 43.1 Å². The smallest absolute Gasteiger partial charge is 0.137 e. The number of Topliss-reactive ketones (excluding diaryl/α,β-unsaturated/α-hetero) is 1. The zero-order valence-electron chi connectivity index (χ0n) is 12.0. The van der Waals surface area contributed by atoms with Gasteiger partial charge in [0.2, 0.25) is 0 Å². The van der Waals surface area contributed by atoms with E-state index >= 15 is 0 Å². The number of carbonyl (C=O) groups excluding carboxylic acids is 1. The molecule has 2 nitrogen and oxygen atoms in total. The molecule has 0 bridgehead atoms. The van der Waals surface area contributed by atoms with Gasteiger partial charge in [-0.05, 0) is 24.2 Å². The largest absolute Gasteiger partial charge is 0.327 e. The molecule has 17 heavy (non-hydrogen) atoms. The van der Waals surface area contributed by atoms with Gasteiger partial charge in [0, 0.05) is 18.4 Å². The molecule has 1 aliphatic carbocycles. The lowest BCUT2D eigenvalue weighted by Gasteiger charge is -2.32. The molecule has 0 amide bonds. The number of carbonyl (C=O) groups is 1. The average molecular weight is 239 g/mol. The van der Waals surface area contributed by atoms with Crippen molar-refractivity contribution in [3.05, 3.63) is 0 Å². The summed E-state index contributed by atoms with van der Waals surface area (Å²) in [5, 5.41) is 0. The van der Waals surface area contributed by atoms with Crippen LogP contribution in [0.25, 0.3) is 0 Å². The molecule has 2 N–H and O–H groups in total. The van der Waals surface area contributed by atoms with Gasteiger partial charge < -0.3 is 5.73 Å². The highest BCUT2D eigenvalue weighted by Crippen LogP contribution is 2.34. The van der Waals surface area contributed by atoms with Gasteiger partial charge in [-0.25, -0.2) is 0 Å². The van der Waals surface area contributed by atoms with Gasteiger partial charge in [-0.1, -0.05) is 47.0 Å². The number of rotatable bonds is 4. The summed E-state index contributed by atoms with van der Waals surface area (Å²) in [6.07, 6.45) is 6.54. The highest BCUT2D eigenvalue weighted by atomic mass is 16.1. The Balaban J connectivity index is 2.56. The van der Waals surface area contributed by atoms with Gasteiger partial charge in [0.1, 0.15) is 5.78 Å². The molecule has 2 heteroatoms. The van der Waals surface area contributed by atoms with E-state index in [1.54, 1.807) is 0 Å². The average Bonchev–Trinajstić information content (AvgIpc) is 2.27. The maximum atomic E-state index is 12.3. The van der Waals surface area contributed by atoms with Crippen LogP contribution < -0.4 is 5.73 Å². The van der Waals surface area contributed by atoms with E-state index in [1.165, 1.54) is 19.3 Å². The molecule has 0 radical (unpaired) electrons. The summed E-state index contributed by atoms with van der Waals surface area (Å²) in [5.41, 5.74) is 6.16. The van der Waals surface area contributed by atoms with Crippen LogP contribution in [0.15, 0.2) is 0 Å². The van der Waals surface area contributed by atoms with Crippen molar-refractivity contribution in [1.29, 1.82) is 0 Å². The highest BCUT2D eigenvalue weighted by molar-refractivity contribution is 5.82. The van der Waals surface area contributed by atoms with Gasteiger partial charge in [-0.15, -0.1) is 0 Å². The number of hydrogen-bond acceptors (Lipinski definition) is 2. The lowest BCUT2D eigenvalue weighted by molar-refractivity contribution is -0.126. The second-order valence-corrected chi connectivity index (χ2v) is 6.70. The van der Waals surface area contributed by atoms with Gasteiger partial charge >= 0.3 is 0 Å². The molecule has 1 fully saturated rings. The van der Waals surface area contributed by atoms with Crippen LogP contribution >= 0.6 is 0 Å². The summed E-state index contributed by atoms with van der Waals surface area (Å²) in [4.78, 5) is 12.3. The lowest BCUT2D eigenvalue weighted by Crippen LogP contribution is -2.39. The van der Waals surface area contributed by atoms with Gasteiger partial charge in [-0.3, -0.25) is 4.79 Å². The molecule has 1 rings (SSSR count). The first kappa shape index (κ1) is 14.7. The Morgan fingerprint density at radius 1 is 1.29 bits per heavy atom. The van der Waals surface area contributed by atoms with Crippen LogP contribution in [-0.4, -0.2) is 11.8 Å². The van der Waals surface area contributed by atoms with Crippen molar-refractivity contribution in [3.8, 4) is 0 Å². The van der Waals surface area contributed by atoms with Crippen LogP contribution in [-0.2, 0) is 4.79 Å². The van der Waals surface area contributed by atoms with E-state index in [9.17, 15) is 4.79 Å². The molecule has 0 spiro atoms. The van der Waals surface area contributed by atoms with E-state index in [4.69, 9.17) is 5.73 Å². The number of ketones is 1. The zero-order chi connectivity index (χ0) is 13.1.